The van der Waals surface area contributed by atoms with E-state index in [1.165, 1.54) is 58.2 Å². The Bertz CT molecular complexity index is 276. The average Bonchev–Trinajstić information content (AvgIpc) is 2.85. The van der Waals surface area contributed by atoms with Crippen LogP contribution in [-0.4, -0.2) is 50.3 Å². The molecule has 0 bridgehead atoms. The summed E-state index contributed by atoms with van der Waals surface area (Å²) in [6.45, 7) is 10.4. The first-order valence-corrected chi connectivity index (χ1v) is 8.10. The Kier molecular flexibility index (Phi) is 5.27. The van der Waals surface area contributed by atoms with Crippen molar-refractivity contribution < 1.29 is 4.74 Å². The number of nitrogens with one attached hydrogen (secondary N) is 1. The lowest BCUT2D eigenvalue weighted by Gasteiger charge is -2.43. The number of nitrogens with zero attached hydrogens (tertiary/aromatic N) is 1. The fraction of sp³-hybridized carbons (Fsp3) is 1.00. The van der Waals surface area contributed by atoms with Crippen molar-refractivity contribution in [3.05, 3.63) is 0 Å². The molecule has 2 fully saturated rings. The molecule has 112 valence electrons. The number of likely N-dealkylation sites (tertiary alicyclic amines) is 1. The van der Waals surface area contributed by atoms with Gasteiger partial charge < -0.3 is 10.1 Å². The van der Waals surface area contributed by atoms with Crippen LogP contribution in [0.1, 0.15) is 52.4 Å². The molecule has 0 radical (unpaired) electrons. The van der Waals surface area contributed by atoms with Crippen LogP contribution in [0.2, 0.25) is 0 Å². The summed E-state index contributed by atoms with van der Waals surface area (Å²) < 4.78 is 5.73. The van der Waals surface area contributed by atoms with Crippen molar-refractivity contribution >= 4 is 0 Å². The summed E-state index contributed by atoms with van der Waals surface area (Å²) >= 11 is 0. The van der Waals surface area contributed by atoms with Gasteiger partial charge in [-0.1, -0.05) is 19.8 Å². The third-order valence-electron chi connectivity index (χ3n) is 5.20. The van der Waals surface area contributed by atoms with E-state index in [1.54, 1.807) is 0 Å². The second kappa shape index (κ2) is 6.55. The first-order valence-electron chi connectivity index (χ1n) is 8.10. The normalized spacial score (nSPS) is 31.7. The van der Waals surface area contributed by atoms with Crippen molar-refractivity contribution in [3.63, 3.8) is 0 Å². The van der Waals surface area contributed by atoms with E-state index < -0.39 is 0 Å². The molecule has 3 heteroatoms. The van der Waals surface area contributed by atoms with Crippen molar-refractivity contribution in [3.8, 4) is 0 Å². The zero-order valence-electron chi connectivity index (χ0n) is 13.1. The van der Waals surface area contributed by atoms with Gasteiger partial charge >= 0.3 is 0 Å². The van der Waals surface area contributed by atoms with Gasteiger partial charge in [-0.3, -0.25) is 4.90 Å². The van der Waals surface area contributed by atoms with Crippen molar-refractivity contribution in [1.82, 2.24) is 10.2 Å². The highest BCUT2D eigenvalue weighted by Crippen LogP contribution is 2.39. The van der Waals surface area contributed by atoms with Gasteiger partial charge in [-0.2, -0.15) is 0 Å². The van der Waals surface area contributed by atoms with Crippen LogP contribution in [0, 0.1) is 5.41 Å². The Morgan fingerprint density at radius 1 is 1.16 bits per heavy atom. The molecule has 0 aromatic carbocycles. The standard InChI is InChI=1S/C16H32N2O/c1-4-17-12-16(9-5-6-10-16)14-18-11-7-8-15(2,13-18)19-3/h17H,4-14H2,1-3H3. The Morgan fingerprint density at radius 2 is 1.89 bits per heavy atom. The largest absolute Gasteiger partial charge is 0.377 e. The second-order valence-corrected chi connectivity index (χ2v) is 6.96. The molecule has 1 aliphatic carbocycles. The van der Waals surface area contributed by atoms with E-state index in [9.17, 15) is 0 Å². The van der Waals surface area contributed by atoms with Crippen molar-refractivity contribution in [2.45, 2.75) is 58.0 Å². The molecular formula is C16H32N2O. The van der Waals surface area contributed by atoms with Gasteiger partial charge in [-0.05, 0) is 51.1 Å². The van der Waals surface area contributed by atoms with Crippen LogP contribution >= 0.6 is 0 Å². The summed E-state index contributed by atoms with van der Waals surface area (Å²) in [6.07, 6.45) is 8.13. The maximum atomic E-state index is 5.73. The predicted octanol–water partition coefficient (Wildman–Crippen LogP) is 2.66. The van der Waals surface area contributed by atoms with Gasteiger partial charge in [0.15, 0.2) is 0 Å². The van der Waals surface area contributed by atoms with E-state index in [0.29, 0.717) is 5.41 Å². The smallest absolute Gasteiger partial charge is 0.0777 e. The monoisotopic (exact) mass is 268 g/mol. The molecule has 3 nitrogen and oxygen atoms in total. The SMILES string of the molecule is CCNCC1(CN2CCCC(C)(OC)C2)CCCC1. The van der Waals surface area contributed by atoms with Crippen molar-refractivity contribution in [2.24, 2.45) is 5.41 Å². The van der Waals surface area contributed by atoms with Crippen LogP contribution in [0.4, 0.5) is 0 Å². The highest BCUT2D eigenvalue weighted by Gasteiger charge is 2.38. The Labute approximate surface area is 119 Å². The van der Waals surface area contributed by atoms with Crippen LogP contribution in [0.25, 0.3) is 0 Å². The van der Waals surface area contributed by atoms with E-state index in [4.69, 9.17) is 4.74 Å². The number of ether oxygens (including phenoxy) is 1. The topological polar surface area (TPSA) is 24.5 Å². The van der Waals surface area contributed by atoms with Gasteiger partial charge in [0.05, 0.1) is 5.60 Å². The first kappa shape index (κ1) is 15.3. The Balaban J connectivity index is 1.93. The summed E-state index contributed by atoms with van der Waals surface area (Å²) in [4.78, 5) is 2.66. The van der Waals surface area contributed by atoms with Gasteiger partial charge in [0, 0.05) is 26.7 Å². The quantitative estimate of drug-likeness (QED) is 0.801. The predicted molar refractivity (Wildman–Crippen MR) is 80.5 cm³/mol. The zero-order valence-corrected chi connectivity index (χ0v) is 13.1. The van der Waals surface area contributed by atoms with Crippen LogP contribution in [0.15, 0.2) is 0 Å². The summed E-state index contributed by atoms with van der Waals surface area (Å²) in [5, 5.41) is 3.60. The fourth-order valence-electron chi connectivity index (χ4n) is 3.99. The number of piperidine rings is 1. The molecule has 1 aliphatic heterocycles. The maximum absolute atomic E-state index is 5.73. The molecule has 1 heterocycles. The lowest BCUT2D eigenvalue weighted by Crippen LogP contribution is -2.52. The Hall–Kier alpha value is -0.120. The molecule has 0 amide bonds. The summed E-state index contributed by atoms with van der Waals surface area (Å²) in [5.41, 5.74) is 0.609. The summed E-state index contributed by atoms with van der Waals surface area (Å²) in [7, 11) is 1.87. The molecular weight excluding hydrogens is 236 g/mol. The number of hydrogen-bond acceptors (Lipinski definition) is 3. The minimum atomic E-state index is 0.0796. The van der Waals surface area contributed by atoms with Gasteiger partial charge in [0.1, 0.15) is 0 Å². The van der Waals surface area contributed by atoms with Gasteiger partial charge in [-0.25, -0.2) is 0 Å². The zero-order chi connectivity index (χ0) is 13.8. The molecule has 1 unspecified atom stereocenters. The third kappa shape index (κ3) is 3.93. The minimum Gasteiger partial charge on any atom is -0.377 e. The molecule has 2 rings (SSSR count). The molecule has 0 aromatic heterocycles. The van der Waals surface area contributed by atoms with Gasteiger partial charge in [-0.15, -0.1) is 0 Å². The highest BCUT2D eigenvalue weighted by molar-refractivity contribution is 4.93. The van der Waals surface area contributed by atoms with Crippen LogP contribution < -0.4 is 5.32 Å². The van der Waals surface area contributed by atoms with Crippen LogP contribution in [0.5, 0.6) is 0 Å². The number of rotatable bonds is 6. The second-order valence-electron chi connectivity index (χ2n) is 6.96. The highest BCUT2D eigenvalue weighted by atomic mass is 16.5. The fourth-order valence-corrected chi connectivity index (χ4v) is 3.99. The molecule has 1 saturated heterocycles. The maximum Gasteiger partial charge on any atom is 0.0777 e. The molecule has 19 heavy (non-hydrogen) atoms. The molecule has 1 N–H and O–H groups in total. The summed E-state index contributed by atoms with van der Waals surface area (Å²) in [5.74, 6) is 0. The first-order chi connectivity index (χ1) is 9.11. The van der Waals surface area contributed by atoms with Gasteiger partial charge in [0.25, 0.3) is 0 Å². The third-order valence-corrected chi connectivity index (χ3v) is 5.20. The molecule has 0 aromatic rings. The molecule has 1 saturated carbocycles. The van der Waals surface area contributed by atoms with Crippen molar-refractivity contribution in [2.75, 3.05) is 39.8 Å². The number of hydrogen-bond donors (Lipinski definition) is 1. The number of methoxy groups -OCH3 is 1. The summed E-state index contributed by atoms with van der Waals surface area (Å²) in [6, 6.07) is 0. The van der Waals surface area contributed by atoms with E-state index >= 15 is 0 Å². The van der Waals surface area contributed by atoms with E-state index in [-0.39, 0.29) is 5.60 Å². The Morgan fingerprint density at radius 3 is 2.53 bits per heavy atom. The lowest BCUT2D eigenvalue weighted by molar-refractivity contribution is -0.0590. The van der Waals surface area contributed by atoms with E-state index in [0.717, 1.165) is 13.1 Å². The van der Waals surface area contributed by atoms with E-state index in [1.807, 2.05) is 7.11 Å². The molecule has 2 aliphatic rings. The minimum absolute atomic E-state index is 0.0796. The van der Waals surface area contributed by atoms with Crippen LogP contribution in [0.3, 0.4) is 0 Å². The van der Waals surface area contributed by atoms with Crippen LogP contribution in [-0.2, 0) is 4.74 Å². The molecule has 1 atom stereocenters. The average molecular weight is 268 g/mol. The van der Waals surface area contributed by atoms with E-state index in [2.05, 4.69) is 24.1 Å². The lowest BCUT2D eigenvalue weighted by atomic mass is 9.83. The molecule has 0 spiro atoms. The van der Waals surface area contributed by atoms with Crippen molar-refractivity contribution in [1.29, 1.82) is 0 Å². The van der Waals surface area contributed by atoms with Gasteiger partial charge in [0.2, 0.25) is 0 Å².